The van der Waals surface area contributed by atoms with E-state index in [9.17, 15) is 4.79 Å². The Morgan fingerprint density at radius 2 is 1.65 bits per heavy atom. The smallest absolute Gasteiger partial charge is 0.463 e. The van der Waals surface area contributed by atoms with E-state index in [-0.39, 0.29) is 5.97 Å². The lowest BCUT2D eigenvalue weighted by molar-refractivity contribution is -0.137. The summed E-state index contributed by atoms with van der Waals surface area (Å²) in [6, 6.07) is 0.763. The summed E-state index contributed by atoms with van der Waals surface area (Å²) in [5.74, 6) is 0.619. The van der Waals surface area contributed by atoms with E-state index in [2.05, 4.69) is 6.92 Å². The van der Waals surface area contributed by atoms with Crippen LogP contribution < -0.4 is 0 Å². The van der Waals surface area contributed by atoms with Gasteiger partial charge in [0.15, 0.2) is 0 Å². The summed E-state index contributed by atoms with van der Waals surface area (Å²) in [5.41, 5.74) is 0. The zero-order valence-corrected chi connectivity index (χ0v) is 16.8. The van der Waals surface area contributed by atoms with Gasteiger partial charge in [-0.25, -0.2) is 4.79 Å². The van der Waals surface area contributed by atoms with Crippen molar-refractivity contribution in [2.24, 2.45) is 0 Å². The maximum absolute atomic E-state index is 11.5. The minimum Gasteiger partial charge on any atom is -0.463 e. The van der Waals surface area contributed by atoms with E-state index in [1.807, 2.05) is 0 Å². The van der Waals surface area contributed by atoms with Crippen LogP contribution in [-0.2, 0) is 22.8 Å². The molecule has 0 radical (unpaired) electrons. The molecule has 0 atom stereocenters. The largest absolute Gasteiger partial charge is 0.500 e. The fourth-order valence-corrected chi connectivity index (χ4v) is 4.66. The molecule has 0 heterocycles. The van der Waals surface area contributed by atoms with Gasteiger partial charge in [-0.1, -0.05) is 32.6 Å². The van der Waals surface area contributed by atoms with Crippen LogP contribution >= 0.6 is 11.8 Å². The highest BCUT2D eigenvalue weighted by molar-refractivity contribution is 8.02. The predicted molar refractivity (Wildman–Crippen MR) is 97.5 cm³/mol. The second-order valence-corrected chi connectivity index (χ2v) is 9.26. The van der Waals surface area contributed by atoms with Gasteiger partial charge in [-0.2, -0.15) is 0 Å². The van der Waals surface area contributed by atoms with E-state index < -0.39 is 8.80 Å². The molecule has 0 aliphatic carbocycles. The molecule has 7 heteroatoms. The Labute approximate surface area is 146 Å². The predicted octanol–water partition coefficient (Wildman–Crippen LogP) is 4.02. The number of rotatable bonds is 15. The zero-order valence-electron chi connectivity index (χ0n) is 15.0. The molecule has 0 N–H and O–H groups in total. The summed E-state index contributed by atoms with van der Waals surface area (Å²) in [7, 11) is 2.39. The second-order valence-electron chi connectivity index (χ2n) is 5.15. The zero-order chi connectivity index (χ0) is 17.4. The molecule has 0 aromatic heterocycles. The number of unbranched alkanes of at least 4 members (excludes halogenated alkanes) is 4. The molecule has 0 fully saturated rings. The van der Waals surface area contributed by atoms with Crippen molar-refractivity contribution >= 4 is 26.5 Å². The molecular weight excluding hydrogens is 332 g/mol. The molecule has 5 nitrogen and oxygen atoms in total. The maximum atomic E-state index is 11.5. The molecular formula is C16H32O5SSi. The third-order valence-corrected chi connectivity index (χ3v) is 7.16. The van der Waals surface area contributed by atoms with Crippen molar-refractivity contribution in [1.82, 2.24) is 0 Å². The number of thioether (sulfide) groups is 1. The van der Waals surface area contributed by atoms with Crippen LogP contribution in [0.25, 0.3) is 0 Å². The molecule has 0 bridgehead atoms. The van der Waals surface area contributed by atoms with E-state index in [1.165, 1.54) is 25.3 Å². The summed E-state index contributed by atoms with van der Waals surface area (Å²) < 4.78 is 21.2. The fraction of sp³-hybridized carbons (Fsp3) is 0.812. The number of hydrogen-bond acceptors (Lipinski definition) is 6. The highest BCUT2D eigenvalue weighted by Crippen LogP contribution is 2.17. The van der Waals surface area contributed by atoms with Crippen LogP contribution in [0.4, 0.5) is 0 Å². The van der Waals surface area contributed by atoms with Crippen molar-refractivity contribution < 1.29 is 22.8 Å². The van der Waals surface area contributed by atoms with Crippen molar-refractivity contribution in [3.8, 4) is 0 Å². The van der Waals surface area contributed by atoms with Gasteiger partial charge < -0.3 is 18.0 Å². The monoisotopic (exact) mass is 364 g/mol. The number of esters is 1. The Kier molecular flexibility index (Phi) is 15.0. The van der Waals surface area contributed by atoms with Gasteiger partial charge in [0, 0.05) is 33.4 Å². The number of ether oxygens (including phenoxy) is 1. The SMILES string of the molecule is CCCCCCCOC(=O)C=CSCCC[Si](OC)(OC)OC. The highest BCUT2D eigenvalue weighted by Gasteiger charge is 2.36. The van der Waals surface area contributed by atoms with E-state index in [0.29, 0.717) is 6.61 Å². The minimum absolute atomic E-state index is 0.262. The van der Waals surface area contributed by atoms with Crippen molar-refractivity contribution in [2.45, 2.75) is 51.5 Å². The van der Waals surface area contributed by atoms with Gasteiger partial charge in [0.2, 0.25) is 0 Å². The maximum Gasteiger partial charge on any atom is 0.500 e. The molecule has 0 aliphatic rings. The summed E-state index contributed by atoms with van der Waals surface area (Å²) in [5, 5.41) is 1.79. The van der Waals surface area contributed by atoms with Crippen LogP contribution in [-0.4, -0.2) is 48.5 Å². The van der Waals surface area contributed by atoms with Gasteiger partial charge >= 0.3 is 14.8 Å². The van der Waals surface area contributed by atoms with Crippen LogP contribution in [0.3, 0.4) is 0 Å². The van der Waals surface area contributed by atoms with E-state index >= 15 is 0 Å². The Hall–Kier alpha value is -0.343. The number of hydrogen-bond donors (Lipinski definition) is 0. The van der Waals surface area contributed by atoms with Gasteiger partial charge in [0.05, 0.1) is 6.61 Å². The van der Waals surface area contributed by atoms with Crippen LogP contribution in [0.1, 0.15) is 45.4 Å². The van der Waals surface area contributed by atoms with Gasteiger partial charge in [0.25, 0.3) is 0 Å². The lowest BCUT2D eigenvalue weighted by atomic mass is 10.2. The Bertz CT molecular complexity index is 313. The van der Waals surface area contributed by atoms with Gasteiger partial charge in [-0.05, 0) is 24.0 Å². The molecule has 0 aliphatic heterocycles. The van der Waals surface area contributed by atoms with E-state index in [4.69, 9.17) is 18.0 Å². The quantitative estimate of drug-likeness (QED) is 0.189. The van der Waals surface area contributed by atoms with E-state index in [1.54, 1.807) is 38.5 Å². The first kappa shape index (κ1) is 22.7. The second kappa shape index (κ2) is 15.2. The van der Waals surface area contributed by atoms with Crippen LogP contribution in [0, 0.1) is 0 Å². The van der Waals surface area contributed by atoms with Crippen molar-refractivity contribution in [3.63, 3.8) is 0 Å². The Morgan fingerprint density at radius 1 is 1.00 bits per heavy atom. The van der Waals surface area contributed by atoms with Gasteiger partial charge in [0.1, 0.15) is 0 Å². The topological polar surface area (TPSA) is 54.0 Å². The fourth-order valence-electron chi connectivity index (χ4n) is 2.03. The van der Waals surface area contributed by atoms with Crippen molar-refractivity contribution in [3.05, 3.63) is 11.5 Å². The molecule has 0 aromatic rings. The standard InChI is InChI=1S/C16H32O5SSi/c1-5-6-7-8-9-12-21-16(17)11-14-22-13-10-15-23(18-2,19-3)20-4/h11,14H,5-10,12-13,15H2,1-4H3. The molecule has 136 valence electrons. The minimum atomic E-state index is -2.46. The van der Waals surface area contributed by atoms with Crippen LogP contribution in [0.5, 0.6) is 0 Å². The Balaban J connectivity index is 3.64. The average Bonchev–Trinajstić information content (AvgIpc) is 2.58. The molecule has 23 heavy (non-hydrogen) atoms. The van der Waals surface area contributed by atoms with Crippen LogP contribution in [0.15, 0.2) is 11.5 Å². The normalized spacial score (nSPS) is 12.0. The van der Waals surface area contributed by atoms with Crippen molar-refractivity contribution in [2.75, 3.05) is 33.7 Å². The highest BCUT2D eigenvalue weighted by atomic mass is 32.2. The molecule has 0 saturated heterocycles. The summed E-state index contributed by atoms with van der Waals surface area (Å²) in [6.45, 7) is 2.70. The van der Waals surface area contributed by atoms with Gasteiger partial charge in [-0.3, -0.25) is 0 Å². The summed E-state index contributed by atoms with van der Waals surface area (Å²) >= 11 is 1.58. The molecule has 0 amide bonds. The first-order chi connectivity index (χ1) is 11.1. The molecule has 0 rings (SSSR count). The summed E-state index contributed by atoms with van der Waals surface area (Å²) in [6.07, 6.45) is 8.17. The van der Waals surface area contributed by atoms with Crippen LogP contribution in [0.2, 0.25) is 6.04 Å². The third kappa shape index (κ3) is 11.8. The Morgan fingerprint density at radius 3 is 2.26 bits per heavy atom. The first-order valence-electron chi connectivity index (χ1n) is 8.24. The van der Waals surface area contributed by atoms with E-state index in [0.717, 1.165) is 31.1 Å². The first-order valence-corrected chi connectivity index (χ1v) is 11.2. The van der Waals surface area contributed by atoms with Gasteiger partial charge in [-0.15, -0.1) is 11.8 Å². The number of carbonyl (C=O) groups is 1. The molecule has 0 saturated carbocycles. The molecule has 0 aromatic carbocycles. The third-order valence-electron chi connectivity index (χ3n) is 3.47. The summed E-state index contributed by atoms with van der Waals surface area (Å²) in [4.78, 5) is 11.5. The molecule has 0 spiro atoms. The van der Waals surface area contributed by atoms with Crippen molar-refractivity contribution in [1.29, 1.82) is 0 Å². The average molecular weight is 365 g/mol. The lowest BCUT2D eigenvalue weighted by Gasteiger charge is -2.23. The molecule has 0 unspecified atom stereocenters. The number of carbonyl (C=O) groups excluding carboxylic acids is 1. The lowest BCUT2D eigenvalue weighted by Crippen LogP contribution is -2.42.